The van der Waals surface area contributed by atoms with E-state index in [0.717, 1.165) is 29.1 Å². The van der Waals surface area contributed by atoms with Gasteiger partial charge in [-0.15, -0.1) is 0 Å². The molecule has 0 saturated carbocycles. The van der Waals surface area contributed by atoms with Gasteiger partial charge in [0.2, 0.25) is 6.10 Å². The summed E-state index contributed by atoms with van der Waals surface area (Å²) in [5.41, 5.74) is 1.99. The summed E-state index contributed by atoms with van der Waals surface area (Å²) in [5, 5.41) is 26.8. The summed E-state index contributed by atoms with van der Waals surface area (Å²) in [7, 11) is 1.27. The maximum Gasteiger partial charge on any atom is 0.284 e. The highest BCUT2D eigenvalue weighted by molar-refractivity contribution is 5.89. The molecule has 158 valence electrons. The largest absolute Gasteiger partial charge is 0.504 e. The van der Waals surface area contributed by atoms with Crippen molar-refractivity contribution in [2.75, 3.05) is 13.7 Å². The number of aromatic hydroxyl groups is 1. The third kappa shape index (κ3) is 4.04. The number of benzene rings is 3. The van der Waals surface area contributed by atoms with Crippen LogP contribution < -0.4 is 19.6 Å². The van der Waals surface area contributed by atoms with Crippen molar-refractivity contribution in [1.29, 1.82) is 0 Å². The Bertz CT molecular complexity index is 1210. The van der Waals surface area contributed by atoms with Gasteiger partial charge >= 0.3 is 0 Å². The van der Waals surface area contributed by atoms with E-state index in [2.05, 4.69) is 10.5 Å². The molecule has 0 fully saturated rings. The molecule has 1 heterocycles. The van der Waals surface area contributed by atoms with Crippen LogP contribution in [0.4, 0.5) is 5.69 Å². The first-order valence-electron chi connectivity index (χ1n) is 9.17. The van der Waals surface area contributed by atoms with Gasteiger partial charge in [0.15, 0.2) is 23.0 Å². The molecule has 10 nitrogen and oxygen atoms in total. The molecule has 4 rings (SSSR count). The number of non-ortho nitro benzene ring substituents is 1. The second-order valence-electron chi connectivity index (χ2n) is 6.64. The lowest BCUT2D eigenvalue weighted by atomic mass is 10.1. The number of phenols is 1. The van der Waals surface area contributed by atoms with Crippen LogP contribution in [0.3, 0.4) is 0 Å². The van der Waals surface area contributed by atoms with Crippen LogP contribution in [-0.2, 0) is 4.79 Å². The van der Waals surface area contributed by atoms with Crippen molar-refractivity contribution in [2.45, 2.75) is 6.10 Å². The second-order valence-corrected chi connectivity index (χ2v) is 6.64. The molecule has 10 heteroatoms. The number of amides is 1. The normalized spacial score (nSPS) is 15.1. The van der Waals surface area contributed by atoms with Crippen molar-refractivity contribution < 1.29 is 29.0 Å². The van der Waals surface area contributed by atoms with Crippen molar-refractivity contribution in [1.82, 2.24) is 5.43 Å². The Hall–Kier alpha value is -4.34. The number of ether oxygens (including phenoxy) is 3. The summed E-state index contributed by atoms with van der Waals surface area (Å²) in [4.78, 5) is 22.8. The minimum atomic E-state index is -0.945. The van der Waals surface area contributed by atoms with E-state index in [9.17, 15) is 20.0 Å². The lowest BCUT2D eigenvalue weighted by Gasteiger charge is -2.25. The summed E-state index contributed by atoms with van der Waals surface area (Å²) < 4.78 is 16.3. The maximum absolute atomic E-state index is 12.4. The van der Waals surface area contributed by atoms with Crippen molar-refractivity contribution >= 4 is 28.6 Å². The first-order chi connectivity index (χ1) is 15.0. The van der Waals surface area contributed by atoms with Gasteiger partial charge in [0.25, 0.3) is 11.6 Å². The number of hydrogen-bond acceptors (Lipinski definition) is 8. The van der Waals surface area contributed by atoms with E-state index in [-0.39, 0.29) is 29.4 Å². The fourth-order valence-corrected chi connectivity index (χ4v) is 3.10. The zero-order chi connectivity index (χ0) is 22.0. The van der Waals surface area contributed by atoms with Crippen molar-refractivity contribution in [3.63, 3.8) is 0 Å². The molecule has 1 amide bonds. The fraction of sp³-hybridized carbons (Fsp3) is 0.143. The van der Waals surface area contributed by atoms with Crippen LogP contribution in [0, 0.1) is 10.1 Å². The van der Waals surface area contributed by atoms with Gasteiger partial charge in [-0.25, -0.2) is 5.43 Å². The predicted octanol–water partition coefficient (Wildman–Crippen LogP) is 2.75. The van der Waals surface area contributed by atoms with Crippen LogP contribution in [0.1, 0.15) is 5.56 Å². The minimum Gasteiger partial charge on any atom is -0.504 e. The molecule has 2 N–H and O–H groups in total. The summed E-state index contributed by atoms with van der Waals surface area (Å²) >= 11 is 0. The van der Waals surface area contributed by atoms with E-state index in [4.69, 9.17) is 14.2 Å². The Kier molecular flexibility index (Phi) is 5.27. The molecule has 1 atom stereocenters. The molecular weight excluding hydrogens is 406 g/mol. The standard InChI is InChI=1S/C21H17N3O7/c1-29-18-9-15(24(27)28)6-14(20(18)25)10-22-23-21(26)19-11-30-16-7-12-4-2-3-5-13(12)8-17(16)31-19/h2-10,19,25H,11H2,1H3,(H,23,26)/b22-10-. The van der Waals surface area contributed by atoms with Crippen LogP contribution in [0.2, 0.25) is 0 Å². The number of rotatable bonds is 5. The van der Waals surface area contributed by atoms with Crippen molar-refractivity contribution in [3.8, 4) is 23.0 Å². The van der Waals surface area contributed by atoms with E-state index >= 15 is 0 Å². The monoisotopic (exact) mass is 423 g/mol. The van der Waals surface area contributed by atoms with E-state index in [1.807, 2.05) is 30.3 Å². The quantitative estimate of drug-likeness (QED) is 0.366. The molecule has 1 aliphatic rings. The summed E-state index contributed by atoms with van der Waals surface area (Å²) in [6.07, 6.45) is 0.132. The van der Waals surface area contributed by atoms with Gasteiger partial charge in [0, 0.05) is 11.6 Å². The third-order valence-corrected chi connectivity index (χ3v) is 4.66. The number of carbonyl (C=O) groups excluding carboxylic acids is 1. The van der Waals surface area contributed by atoms with Gasteiger partial charge in [0.05, 0.1) is 24.3 Å². The van der Waals surface area contributed by atoms with Crippen molar-refractivity contribution in [3.05, 3.63) is 64.2 Å². The zero-order valence-corrected chi connectivity index (χ0v) is 16.3. The number of hydrazone groups is 1. The molecule has 0 bridgehead atoms. The van der Waals surface area contributed by atoms with Crippen LogP contribution in [0.5, 0.6) is 23.0 Å². The highest BCUT2D eigenvalue weighted by atomic mass is 16.6. The van der Waals surface area contributed by atoms with E-state index in [0.29, 0.717) is 11.5 Å². The molecule has 31 heavy (non-hydrogen) atoms. The number of nitrogens with zero attached hydrogens (tertiary/aromatic N) is 2. The van der Waals surface area contributed by atoms with Crippen LogP contribution in [-0.4, -0.2) is 42.0 Å². The molecule has 0 spiro atoms. The molecule has 1 aliphatic heterocycles. The van der Waals surface area contributed by atoms with E-state index in [1.54, 1.807) is 6.07 Å². The zero-order valence-electron chi connectivity index (χ0n) is 16.3. The Morgan fingerprint density at radius 3 is 2.65 bits per heavy atom. The Labute approximate surface area is 175 Å². The SMILES string of the molecule is COc1cc([N+](=O)[O-])cc(/C=N\NC(=O)C2COc3cc4ccccc4cc3O2)c1O. The predicted molar refractivity (Wildman–Crippen MR) is 111 cm³/mol. The molecule has 1 unspecified atom stereocenters. The average molecular weight is 423 g/mol. The number of phenolic OH excluding ortho intramolecular Hbond substituents is 1. The molecule has 0 saturated heterocycles. The Balaban J connectivity index is 1.47. The number of nitrogens with one attached hydrogen (secondary N) is 1. The molecule has 3 aromatic rings. The topological polar surface area (TPSA) is 133 Å². The Morgan fingerprint density at radius 1 is 1.26 bits per heavy atom. The van der Waals surface area contributed by atoms with Gasteiger partial charge in [-0.1, -0.05) is 24.3 Å². The van der Waals surface area contributed by atoms with Crippen LogP contribution in [0.15, 0.2) is 53.6 Å². The summed E-state index contributed by atoms with van der Waals surface area (Å²) in [5.74, 6) is -0.0269. The number of hydrogen-bond donors (Lipinski definition) is 2. The highest BCUT2D eigenvalue weighted by Gasteiger charge is 2.27. The molecule has 0 radical (unpaired) electrons. The lowest BCUT2D eigenvalue weighted by Crippen LogP contribution is -2.42. The van der Waals surface area contributed by atoms with Gasteiger partial charge in [-0.3, -0.25) is 14.9 Å². The van der Waals surface area contributed by atoms with Crippen molar-refractivity contribution in [2.24, 2.45) is 5.10 Å². The van der Waals surface area contributed by atoms with Gasteiger partial charge in [-0.05, 0) is 22.9 Å². The first kappa shape index (κ1) is 20.0. The first-order valence-corrected chi connectivity index (χ1v) is 9.17. The van der Waals surface area contributed by atoms with E-state index < -0.39 is 16.9 Å². The lowest BCUT2D eigenvalue weighted by molar-refractivity contribution is -0.385. The molecule has 3 aromatic carbocycles. The molecular formula is C21H17N3O7. The fourth-order valence-electron chi connectivity index (χ4n) is 3.10. The van der Waals surface area contributed by atoms with Gasteiger partial charge in [-0.2, -0.15) is 5.10 Å². The smallest absolute Gasteiger partial charge is 0.284 e. The number of carbonyl (C=O) groups is 1. The molecule has 0 aromatic heterocycles. The van der Waals surface area contributed by atoms with Crippen LogP contribution >= 0.6 is 0 Å². The second kappa shape index (κ2) is 8.19. The van der Waals surface area contributed by atoms with Gasteiger partial charge in [0.1, 0.15) is 6.61 Å². The maximum atomic E-state index is 12.4. The number of fused-ring (bicyclic) bond motifs is 2. The average Bonchev–Trinajstić information content (AvgIpc) is 2.78. The summed E-state index contributed by atoms with van der Waals surface area (Å²) in [6, 6.07) is 13.5. The molecule has 0 aliphatic carbocycles. The van der Waals surface area contributed by atoms with Gasteiger partial charge < -0.3 is 19.3 Å². The van der Waals surface area contributed by atoms with E-state index in [1.165, 1.54) is 7.11 Å². The highest BCUT2D eigenvalue weighted by Crippen LogP contribution is 2.36. The Morgan fingerprint density at radius 2 is 1.97 bits per heavy atom. The number of nitro groups is 1. The number of nitro benzene ring substituents is 1. The number of methoxy groups -OCH3 is 1. The minimum absolute atomic E-state index is 0.00368. The third-order valence-electron chi connectivity index (χ3n) is 4.66. The van der Waals surface area contributed by atoms with Crippen LogP contribution in [0.25, 0.3) is 10.8 Å². The summed E-state index contributed by atoms with van der Waals surface area (Å²) in [6.45, 7) is -0.0113.